The van der Waals surface area contributed by atoms with Gasteiger partial charge in [0, 0.05) is 5.54 Å². The van der Waals surface area contributed by atoms with Crippen LogP contribution >= 0.6 is 0 Å². The quantitative estimate of drug-likeness (QED) is 0.778. The summed E-state index contributed by atoms with van der Waals surface area (Å²) in [6, 6.07) is 4.33. The largest absolute Gasteiger partial charge is 0.323 e. The van der Waals surface area contributed by atoms with Crippen LogP contribution in [0.3, 0.4) is 0 Å². The highest BCUT2D eigenvalue weighted by molar-refractivity contribution is 5.26. The molecule has 0 spiro atoms. The molecule has 0 amide bonds. The Morgan fingerprint density at radius 1 is 1.36 bits per heavy atom. The van der Waals surface area contributed by atoms with Crippen LogP contribution in [0.5, 0.6) is 0 Å². The van der Waals surface area contributed by atoms with Crippen LogP contribution in [-0.4, -0.2) is 5.54 Å². The lowest BCUT2D eigenvalue weighted by atomic mass is 9.93. The lowest BCUT2D eigenvalue weighted by Gasteiger charge is -2.24. The SMILES string of the molecule is Cc1ccc(C(F)C(C)(C)N)cc1F. The summed E-state index contributed by atoms with van der Waals surface area (Å²) in [6.07, 6.45) is -1.35. The maximum atomic E-state index is 13.7. The molecule has 1 aromatic rings. The molecule has 14 heavy (non-hydrogen) atoms. The number of aryl methyl sites for hydroxylation is 1. The molecule has 0 fully saturated rings. The monoisotopic (exact) mass is 199 g/mol. The highest BCUT2D eigenvalue weighted by Gasteiger charge is 2.26. The first-order chi connectivity index (χ1) is 6.32. The third-order valence-electron chi connectivity index (χ3n) is 2.14. The lowest BCUT2D eigenvalue weighted by Crippen LogP contribution is -2.37. The van der Waals surface area contributed by atoms with Gasteiger partial charge in [-0.05, 0) is 38.0 Å². The number of benzene rings is 1. The first-order valence-electron chi connectivity index (χ1n) is 4.51. The van der Waals surface area contributed by atoms with E-state index in [1.807, 2.05) is 0 Å². The van der Waals surface area contributed by atoms with Crippen molar-refractivity contribution in [3.05, 3.63) is 35.1 Å². The number of nitrogens with two attached hydrogens (primary N) is 1. The van der Waals surface area contributed by atoms with Crippen molar-refractivity contribution in [1.82, 2.24) is 0 Å². The van der Waals surface area contributed by atoms with Gasteiger partial charge in [0.2, 0.25) is 0 Å². The normalized spacial score (nSPS) is 14.1. The fourth-order valence-electron chi connectivity index (χ4n) is 1.20. The van der Waals surface area contributed by atoms with Gasteiger partial charge in [0.1, 0.15) is 12.0 Å². The van der Waals surface area contributed by atoms with Crippen LogP contribution in [-0.2, 0) is 0 Å². The fraction of sp³-hybridized carbons (Fsp3) is 0.455. The zero-order chi connectivity index (χ0) is 10.9. The summed E-state index contributed by atoms with van der Waals surface area (Å²) in [7, 11) is 0. The maximum Gasteiger partial charge on any atom is 0.143 e. The Hall–Kier alpha value is -0.960. The number of hydrogen-bond donors (Lipinski definition) is 1. The summed E-state index contributed by atoms with van der Waals surface area (Å²) in [5.41, 5.74) is 5.42. The fourth-order valence-corrected chi connectivity index (χ4v) is 1.20. The van der Waals surface area contributed by atoms with Gasteiger partial charge in [-0.15, -0.1) is 0 Å². The third-order valence-corrected chi connectivity index (χ3v) is 2.14. The number of alkyl halides is 1. The van der Waals surface area contributed by atoms with E-state index in [-0.39, 0.29) is 0 Å². The first kappa shape index (κ1) is 11.1. The number of rotatable bonds is 2. The van der Waals surface area contributed by atoms with Crippen molar-refractivity contribution in [2.45, 2.75) is 32.5 Å². The Bertz CT molecular complexity index is 329. The molecule has 1 nitrogen and oxygen atoms in total. The predicted molar refractivity (Wildman–Crippen MR) is 53.3 cm³/mol. The molecule has 0 aliphatic heterocycles. The Labute approximate surface area is 82.9 Å². The van der Waals surface area contributed by atoms with E-state index in [9.17, 15) is 8.78 Å². The average Bonchev–Trinajstić information content (AvgIpc) is 2.07. The highest BCUT2D eigenvalue weighted by atomic mass is 19.1. The van der Waals surface area contributed by atoms with E-state index in [4.69, 9.17) is 5.73 Å². The van der Waals surface area contributed by atoms with Crippen LogP contribution in [0.1, 0.15) is 31.1 Å². The number of halogens is 2. The van der Waals surface area contributed by atoms with Gasteiger partial charge in [-0.1, -0.05) is 12.1 Å². The van der Waals surface area contributed by atoms with Crippen LogP contribution in [0.2, 0.25) is 0 Å². The van der Waals surface area contributed by atoms with E-state index in [0.29, 0.717) is 11.1 Å². The molecule has 1 unspecified atom stereocenters. The van der Waals surface area contributed by atoms with E-state index < -0.39 is 17.5 Å². The van der Waals surface area contributed by atoms with E-state index in [1.165, 1.54) is 6.07 Å². The summed E-state index contributed by atoms with van der Waals surface area (Å²) >= 11 is 0. The van der Waals surface area contributed by atoms with Gasteiger partial charge < -0.3 is 5.73 Å². The summed E-state index contributed by atoms with van der Waals surface area (Å²) in [5, 5.41) is 0. The Kier molecular flexibility index (Phi) is 2.90. The van der Waals surface area contributed by atoms with Crippen molar-refractivity contribution in [3.8, 4) is 0 Å². The zero-order valence-electron chi connectivity index (χ0n) is 8.64. The van der Waals surface area contributed by atoms with Gasteiger partial charge in [-0.3, -0.25) is 0 Å². The standard InChI is InChI=1S/C11H15F2N/c1-7-4-5-8(6-9(7)12)10(13)11(2,3)14/h4-6,10H,14H2,1-3H3. The van der Waals surface area contributed by atoms with E-state index >= 15 is 0 Å². The van der Waals surface area contributed by atoms with Crippen molar-refractivity contribution >= 4 is 0 Å². The molecule has 0 heterocycles. The molecule has 0 saturated heterocycles. The molecular formula is C11H15F2N. The van der Waals surface area contributed by atoms with Crippen LogP contribution < -0.4 is 5.73 Å². The van der Waals surface area contributed by atoms with Crippen molar-refractivity contribution < 1.29 is 8.78 Å². The molecule has 0 bridgehead atoms. The summed E-state index contributed by atoms with van der Waals surface area (Å²) in [4.78, 5) is 0. The molecule has 0 saturated carbocycles. The molecule has 2 N–H and O–H groups in total. The molecular weight excluding hydrogens is 184 g/mol. The van der Waals surface area contributed by atoms with Gasteiger partial charge in [0.15, 0.2) is 0 Å². The van der Waals surface area contributed by atoms with Gasteiger partial charge in [0.25, 0.3) is 0 Å². The maximum absolute atomic E-state index is 13.7. The first-order valence-corrected chi connectivity index (χ1v) is 4.51. The number of hydrogen-bond acceptors (Lipinski definition) is 1. The smallest absolute Gasteiger partial charge is 0.143 e. The molecule has 1 aromatic carbocycles. The second-order valence-corrected chi connectivity index (χ2v) is 4.19. The Morgan fingerprint density at radius 3 is 2.36 bits per heavy atom. The topological polar surface area (TPSA) is 26.0 Å². The molecule has 3 heteroatoms. The highest BCUT2D eigenvalue weighted by Crippen LogP contribution is 2.28. The van der Waals surface area contributed by atoms with Crippen molar-refractivity contribution in [2.75, 3.05) is 0 Å². The van der Waals surface area contributed by atoms with Crippen LogP contribution in [0.4, 0.5) is 8.78 Å². The minimum Gasteiger partial charge on any atom is -0.323 e. The van der Waals surface area contributed by atoms with Crippen molar-refractivity contribution in [3.63, 3.8) is 0 Å². The molecule has 0 radical (unpaired) electrons. The van der Waals surface area contributed by atoms with Gasteiger partial charge in [-0.2, -0.15) is 0 Å². The molecule has 0 aromatic heterocycles. The molecule has 1 rings (SSSR count). The van der Waals surface area contributed by atoms with E-state index in [0.717, 1.165) is 0 Å². The minimum absolute atomic E-state index is 0.292. The summed E-state index contributed by atoms with van der Waals surface area (Å²) < 4.78 is 26.8. The second-order valence-electron chi connectivity index (χ2n) is 4.19. The van der Waals surface area contributed by atoms with Crippen molar-refractivity contribution in [2.24, 2.45) is 5.73 Å². The van der Waals surface area contributed by atoms with Crippen LogP contribution in [0.15, 0.2) is 18.2 Å². The van der Waals surface area contributed by atoms with E-state index in [1.54, 1.807) is 32.9 Å². The molecule has 78 valence electrons. The lowest BCUT2D eigenvalue weighted by molar-refractivity contribution is 0.223. The second kappa shape index (κ2) is 3.65. The molecule has 0 aliphatic carbocycles. The van der Waals surface area contributed by atoms with Crippen molar-refractivity contribution in [1.29, 1.82) is 0 Å². The summed E-state index contributed by atoms with van der Waals surface area (Å²) in [6.45, 7) is 4.80. The van der Waals surface area contributed by atoms with Gasteiger partial charge >= 0.3 is 0 Å². The molecule has 1 atom stereocenters. The van der Waals surface area contributed by atoms with Gasteiger partial charge in [0.05, 0.1) is 0 Å². The molecule has 0 aliphatic rings. The minimum atomic E-state index is -1.35. The van der Waals surface area contributed by atoms with Gasteiger partial charge in [-0.25, -0.2) is 8.78 Å². The Morgan fingerprint density at radius 2 is 1.93 bits per heavy atom. The Balaban J connectivity index is 3.03. The predicted octanol–water partition coefficient (Wildman–Crippen LogP) is 2.88. The zero-order valence-corrected chi connectivity index (χ0v) is 8.64. The van der Waals surface area contributed by atoms with Crippen LogP contribution in [0, 0.1) is 12.7 Å². The third kappa shape index (κ3) is 2.29. The summed E-state index contributed by atoms with van der Waals surface area (Å²) in [5.74, 6) is -0.394. The average molecular weight is 199 g/mol. The van der Waals surface area contributed by atoms with E-state index in [2.05, 4.69) is 0 Å². The van der Waals surface area contributed by atoms with Crippen LogP contribution in [0.25, 0.3) is 0 Å².